The fraction of sp³-hybridized carbons (Fsp3) is 0. The third-order valence-corrected chi connectivity index (χ3v) is 14.3. The highest BCUT2D eigenvalue weighted by molar-refractivity contribution is 7.27. The van der Waals surface area contributed by atoms with Gasteiger partial charge in [0.15, 0.2) is 0 Å². The summed E-state index contributed by atoms with van der Waals surface area (Å²) in [5, 5.41) is 15.9. The Hall–Kier alpha value is -5.58. The number of thiophene rings is 3. The highest BCUT2D eigenvalue weighted by atomic mass is 32.1. The zero-order valence-corrected chi connectivity index (χ0v) is 29.7. The van der Waals surface area contributed by atoms with Crippen LogP contribution < -0.4 is 0 Å². The normalized spacial score (nSPS) is 12.3. The third kappa shape index (κ3) is 4.00. The number of benzene rings is 9. The highest BCUT2D eigenvalue weighted by Crippen LogP contribution is 2.48. The lowest BCUT2D eigenvalue weighted by atomic mass is 9.85. The van der Waals surface area contributed by atoms with Crippen molar-refractivity contribution >= 4 is 127 Å². The van der Waals surface area contributed by atoms with E-state index < -0.39 is 0 Å². The van der Waals surface area contributed by atoms with Crippen molar-refractivity contribution in [3.63, 3.8) is 0 Å². The molecule has 0 radical (unpaired) electrons. The maximum atomic E-state index is 2.47. The molecular formula is C48H26S3. The Kier molecular flexibility index (Phi) is 5.78. The second kappa shape index (κ2) is 10.5. The topological polar surface area (TPSA) is 0 Å². The lowest BCUT2D eigenvalue weighted by Crippen LogP contribution is -1.90. The zero-order valence-electron chi connectivity index (χ0n) is 27.2. The quantitative estimate of drug-likeness (QED) is 0.158. The molecule has 0 aliphatic carbocycles. The van der Waals surface area contributed by atoms with Crippen molar-refractivity contribution in [1.29, 1.82) is 0 Å². The van der Waals surface area contributed by atoms with Crippen molar-refractivity contribution in [1.82, 2.24) is 0 Å². The molecule has 3 heteroatoms. The van der Waals surface area contributed by atoms with E-state index in [2.05, 4.69) is 158 Å². The van der Waals surface area contributed by atoms with E-state index in [1.165, 1.54) is 115 Å². The van der Waals surface area contributed by atoms with Crippen LogP contribution in [-0.4, -0.2) is 0 Å². The molecular weight excluding hydrogens is 673 g/mol. The molecule has 12 aromatic rings. The Morgan fingerprint density at radius 3 is 1.41 bits per heavy atom. The van der Waals surface area contributed by atoms with Crippen LogP contribution in [0.3, 0.4) is 0 Å². The van der Waals surface area contributed by atoms with Gasteiger partial charge in [-0.1, -0.05) is 115 Å². The van der Waals surface area contributed by atoms with Crippen LogP contribution >= 0.6 is 34.0 Å². The zero-order chi connectivity index (χ0) is 33.2. The predicted molar refractivity (Wildman–Crippen MR) is 228 cm³/mol. The molecule has 0 spiro atoms. The van der Waals surface area contributed by atoms with E-state index in [4.69, 9.17) is 0 Å². The van der Waals surface area contributed by atoms with Gasteiger partial charge in [0.05, 0.1) is 0 Å². The van der Waals surface area contributed by atoms with E-state index in [-0.39, 0.29) is 0 Å². The summed E-state index contributed by atoms with van der Waals surface area (Å²) < 4.78 is 8.08. The van der Waals surface area contributed by atoms with Gasteiger partial charge in [0, 0.05) is 65.9 Å². The minimum absolute atomic E-state index is 1.27. The number of hydrogen-bond acceptors (Lipinski definition) is 3. The van der Waals surface area contributed by atoms with Crippen LogP contribution in [0.25, 0.3) is 115 Å². The molecule has 0 bridgehead atoms. The van der Waals surface area contributed by atoms with Gasteiger partial charge < -0.3 is 0 Å². The SMILES string of the molecule is c1ccc2c(c1)sc1cc(-c3c4ccccc4c(-c4ccc5sc6cc7ccc8c9ccccc9sc8c7cc6c5c4)c4ccccc34)ccc12. The Morgan fingerprint density at radius 1 is 0.255 bits per heavy atom. The first kappa shape index (κ1) is 28.2. The number of hydrogen-bond donors (Lipinski definition) is 0. The van der Waals surface area contributed by atoms with Crippen LogP contribution in [0.4, 0.5) is 0 Å². The van der Waals surface area contributed by atoms with Gasteiger partial charge in [-0.3, -0.25) is 0 Å². The molecule has 3 heterocycles. The summed E-state index contributed by atoms with van der Waals surface area (Å²) in [5.74, 6) is 0. The highest BCUT2D eigenvalue weighted by Gasteiger charge is 2.19. The average molecular weight is 699 g/mol. The van der Waals surface area contributed by atoms with Gasteiger partial charge in [0.2, 0.25) is 0 Å². The first-order valence-electron chi connectivity index (χ1n) is 17.3. The Morgan fingerprint density at radius 2 is 0.725 bits per heavy atom. The third-order valence-electron chi connectivity index (χ3n) is 10.8. The molecule has 0 N–H and O–H groups in total. The second-order valence-electron chi connectivity index (χ2n) is 13.6. The Balaban J connectivity index is 1.12. The molecule has 0 unspecified atom stereocenters. The summed E-state index contributed by atoms with van der Waals surface area (Å²) in [6.45, 7) is 0. The number of fused-ring (bicyclic) bond motifs is 13. The fourth-order valence-electron chi connectivity index (χ4n) is 8.56. The van der Waals surface area contributed by atoms with Gasteiger partial charge in [-0.05, 0) is 91.6 Å². The van der Waals surface area contributed by atoms with E-state index in [0.29, 0.717) is 0 Å². The van der Waals surface area contributed by atoms with Crippen LogP contribution in [0.2, 0.25) is 0 Å². The van der Waals surface area contributed by atoms with Crippen molar-refractivity contribution in [3.8, 4) is 22.3 Å². The molecule has 0 saturated carbocycles. The van der Waals surface area contributed by atoms with Gasteiger partial charge in [0.1, 0.15) is 0 Å². The van der Waals surface area contributed by atoms with Crippen LogP contribution in [-0.2, 0) is 0 Å². The molecule has 0 amide bonds. The first-order valence-corrected chi connectivity index (χ1v) is 19.8. The van der Waals surface area contributed by atoms with Gasteiger partial charge in [0.25, 0.3) is 0 Å². The summed E-state index contributed by atoms with van der Waals surface area (Å²) in [7, 11) is 0. The summed E-state index contributed by atoms with van der Waals surface area (Å²) in [4.78, 5) is 0. The molecule has 51 heavy (non-hydrogen) atoms. The molecule has 0 atom stereocenters. The molecule has 0 aliphatic heterocycles. The summed E-state index contributed by atoms with van der Waals surface area (Å²) in [6.07, 6.45) is 0. The predicted octanol–water partition coefficient (Wildman–Crippen LogP) is 15.6. The van der Waals surface area contributed by atoms with Gasteiger partial charge in [-0.2, -0.15) is 0 Å². The Labute approximate surface area is 305 Å². The molecule has 236 valence electrons. The minimum atomic E-state index is 1.27. The van der Waals surface area contributed by atoms with Crippen molar-refractivity contribution in [2.45, 2.75) is 0 Å². The summed E-state index contributed by atoms with van der Waals surface area (Å²) in [6, 6.07) is 59.3. The van der Waals surface area contributed by atoms with Crippen LogP contribution in [0.5, 0.6) is 0 Å². The summed E-state index contributed by atoms with van der Waals surface area (Å²) in [5.41, 5.74) is 5.15. The van der Waals surface area contributed by atoms with Crippen molar-refractivity contribution < 1.29 is 0 Å². The van der Waals surface area contributed by atoms with Crippen LogP contribution in [0, 0.1) is 0 Å². The lowest BCUT2D eigenvalue weighted by molar-refractivity contribution is 1.70. The van der Waals surface area contributed by atoms with Crippen molar-refractivity contribution in [3.05, 3.63) is 158 Å². The monoisotopic (exact) mass is 698 g/mol. The van der Waals surface area contributed by atoms with E-state index >= 15 is 0 Å². The number of rotatable bonds is 2. The van der Waals surface area contributed by atoms with Crippen molar-refractivity contribution in [2.75, 3.05) is 0 Å². The summed E-state index contributed by atoms with van der Waals surface area (Å²) >= 11 is 5.71. The van der Waals surface area contributed by atoms with E-state index in [1.807, 2.05) is 34.0 Å². The molecule has 9 aromatic carbocycles. The first-order chi connectivity index (χ1) is 25.3. The minimum Gasteiger partial charge on any atom is -0.135 e. The van der Waals surface area contributed by atoms with Crippen LogP contribution in [0.1, 0.15) is 0 Å². The van der Waals surface area contributed by atoms with Gasteiger partial charge in [-0.15, -0.1) is 34.0 Å². The second-order valence-corrected chi connectivity index (χ2v) is 16.8. The molecule has 0 fully saturated rings. The maximum absolute atomic E-state index is 2.47. The molecule has 0 aliphatic rings. The lowest BCUT2D eigenvalue weighted by Gasteiger charge is -2.18. The van der Waals surface area contributed by atoms with Crippen LogP contribution in [0.15, 0.2) is 158 Å². The molecule has 0 nitrogen and oxygen atoms in total. The van der Waals surface area contributed by atoms with E-state index in [1.54, 1.807) is 0 Å². The average Bonchev–Trinajstić information content (AvgIpc) is 3.86. The van der Waals surface area contributed by atoms with E-state index in [9.17, 15) is 0 Å². The van der Waals surface area contributed by atoms with Crippen molar-refractivity contribution in [2.24, 2.45) is 0 Å². The standard InChI is InChI=1S/C48H26S3/c1-3-13-35-33(11-1)46(34-12-2-4-14-36(34)47(35)29-18-20-32-30-9-5-7-15-41(30)49-44(32)25-29)28-19-22-43-39(23-28)40-26-38-27(24-45(40)50-43)17-21-37-31-10-6-8-16-42(31)51-48(37)38/h1-26H. The van der Waals surface area contributed by atoms with Gasteiger partial charge in [-0.25, -0.2) is 0 Å². The molecule has 0 saturated heterocycles. The van der Waals surface area contributed by atoms with Gasteiger partial charge >= 0.3 is 0 Å². The molecule has 3 aromatic heterocycles. The Bertz CT molecular complexity index is 3370. The largest absolute Gasteiger partial charge is 0.135 e. The fourth-order valence-corrected chi connectivity index (χ4v) is 12.1. The smallest absolute Gasteiger partial charge is 0.0434 e. The maximum Gasteiger partial charge on any atom is 0.0434 e. The molecule has 12 rings (SSSR count). The van der Waals surface area contributed by atoms with E-state index in [0.717, 1.165) is 0 Å².